The lowest BCUT2D eigenvalue weighted by molar-refractivity contribution is -0.130. The van der Waals surface area contributed by atoms with Crippen LogP contribution in [-0.2, 0) is 4.79 Å². The van der Waals surface area contributed by atoms with Gasteiger partial charge in [0.2, 0.25) is 5.91 Å². The molecule has 0 aliphatic carbocycles. The van der Waals surface area contributed by atoms with Crippen molar-refractivity contribution in [1.29, 1.82) is 0 Å². The van der Waals surface area contributed by atoms with Crippen LogP contribution in [0.2, 0.25) is 0 Å². The molecule has 0 bridgehead atoms. The number of aromatic nitrogens is 2. The van der Waals surface area contributed by atoms with Crippen LogP contribution >= 0.6 is 0 Å². The molecule has 2 N–H and O–H groups in total. The minimum Gasteiger partial charge on any atom is -0.342 e. The molecular weight excluding hydrogens is 310 g/mol. The zero-order valence-corrected chi connectivity index (χ0v) is 13.2. The Bertz CT molecular complexity index is 782. The van der Waals surface area contributed by atoms with Gasteiger partial charge in [0.15, 0.2) is 5.66 Å². The molecule has 8 nitrogen and oxygen atoms in total. The first kappa shape index (κ1) is 16.2. The maximum Gasteiger partial charge on any atom is 0.325 e. The summed E-state index contributed by atoms with van der Waals surface area (Å²) in [5.41, 5.74) is -0.809. The van der Waals surface area contributed by atoms with E-state index in [4.69, 9.17) is 6.42 Å². The fourth-order valence-corrected chi connectivity index (χ4v) is 3.08. The van der Waals surface area contributed by atoms with Crippen LogP contribution in [0.4, 0.5) is 0 Å². The number of hydrogen-bond acceptors (Lipinski definition) is 5. The molecule has 1 aromatic heterocycles. The van der Waals surface area contributed by atoms with Crippen LogP contribution in [0, 0.1) is 12.3 Å². The number of carbonyl (C=O) groups excluding carboxylic acids is 1. The summed E-state index contributed by atoms with van der Waals surface area (Å²) >= 11 is 0. The fourth-order valence-electron chi connectivity index (χ4n) is 3.08. The number of H-pyrrole nitrogens is 2. The molecule has 2 aliphatic rings. The lowest BCUT2D eigenvalue weighted by atomic mass is 10.0. The van der Waals surface area contributed by atoms with Crippen LogP contribution in [0.5, 0.6) is 0 Å². The monoisotopic (exact) mass is 329 g/mol. The van der Waals surface area contributed by atoms with E-state index in [0.717, 1.165) is 6.42 Å². The van der Waals surface area contributed by atoms with E-state index in [-0.39, 0.29) is 11.8 Å². The van der Waals surface area contributed by atoms with Crippen molar-refractivity contribution in [3.05, 3.63) is 32.6 Å². The highest BCUT2D eigenvalue weighted by atomic mass is 16.2. The molecule has 1 aromatic rings. The molecule has 24 heavy (non-hydrogen) atoms. The van der Waals surface area contributed by atoms with Crippen LogP contribution in [0.15, 0.2) is 25.9 Å². The van der Waals surface area contributed by atoms with Crippen LogP contribution in [-0.4, -0.2) is 39.5 Å². The van der Waals surface area contributed by atoms with E-state index in [2.05, 4.69) is 26.1 Å². The van der Waals surface area contributed by atoms with Crippen molar-refractivity contribution < 1.29 is 4.79 Å². The summed E-state index contributed by atoms with van der Waals surface area (Å²) in [4.78, 5) is 41.7. The Hall–Kier alpha value is -2.69. The molecule has 0 aromatic carbocycles. The maximum absolute atomic E-state index is 12.4. The molecule has 1 fully saturated rings. The van der Waals surface area contributed by atoms with Gasteiger partial charge < -0.3 is 9.88 Å². The third-order valence-electron chi connectivity index (χ3n) is 4.55. The lowest BCUT2D eigenvalue weighted by Crippen LogP contribution is -2.30. The highest BCUT2D eigenvalue weighted by molar-refractivity contribution is 5.76. The Kier molecular flexibility index (Phi) is 4.34. The number of aromatic amines is 2. The minimum atomic E-state index is -0.519. The summed E-state index contributed by atoms with van der Waals surface area (Å²) in [6.07, 6.45) is 8.22. The van der Waals surface area contributed by atoms with Crippen LogP contribution in [0.3, 0.4) is 0 Å². The molecule has 0 spiro atoms. The Morgan fingerprint density at radius 2 is 2.17 bits per heavy atom. The molecule has 1 atom stereocenters. The van der Waals surface area contributed by atoms with Gasteiger partial charge in [0.25, 0.3) is 5.56 Å². The van der Waals surface area contributed by atoms with Crippen molar-refractivity contribution in [2.24, 2.45) is 10.2 Å². The quantitative estimate of drug-likeness (QED) is 0.751. The first-order chi connectivity index (χ1) is 11.5. The number of nitrogens with zero attached hydrogens (tertiary/aromatic N) is 3. The molecule has 1 amide bonds. The van der Waals surface area contributed by atoms with Crippen molar-refractivity contribution in [2.75, 3.05) is 13.1 Å². The summed E-state index contributed by atoms with van der Waals surface area (Å²) < 4.78 is 0. The first-order valence-corrected chi connectivity index (χ1v) is 8.00. The normalized spacial score (nSPS) is 20.8. The summed E-state index contributed by atoms with van der Waals surface area (Å²) in [7, 11) is 0. The van der Waals surface area contributed by atoms with Crippen LogP contribution in [0.1, 0.15) is 43.7 Å². The third-order valence-corrected chi connectivity index (χ3v) is 4.55. The average Bonchev–Trinajstić information content (AvgIpc) is 3.14. The minimum absolute atomic E-state index is 0.0188. The molecule has 2 aliphatic heterocycles. The third kappa shape index (κ3) is 3.62. The zero-order chi connectivity index (χ0) is 17.2. The maximum atomic E-state index is 12.4. The molecule has 8 heteroatoms. The summed E-state index contributed by atoms with van der Waals surface area (Å²) in [6.45, 7) is 1.12. The van der Waals surface area contributed by atoms with Gasteiger partial charge >= 0.3 is 5.69 Å². The summed E-state index contributed by atoms with van der Waals surface area (Å²) in [5.74, 6) is 2.59. The first-order valence-electron chi connectivity index (χ1n) is 8.00. The standard InChI is InChI=1S/C16H19N5O3/c1-2-3-6-16(19-20-16)7-4-14(23)21-8-5-11(10-21)12-9-13(22)18-15(24)17-12/h1,9,11H,3-8,10H2,(H2,17,18,22,24). The average molecular weight is 329 g/mol. The van der Waals surface area contributed by atoms with Crippen molar-refractivity contribution in [1.82, 2.24) is 14.9 Å². The van der Waals surface area contributed by atoms with Gasteiger partial charge in [-0.2, -0.15) is 10.2 Å². The van der Waals surface area contributed by atoms with E-state index in [1.807, 2.05) is 0 Å². The molecule has 126 valence electrons. The van der Waals surface area contributed by atoms with Crippen LogP contribution < -0.4 is 11.2 Å². The Balaban J connectivity index is 1.54. The van der Waals surface area contributed by atoms with Gasteiger partial charge in [0.05, 0.1) is 0 Å². The second-order valence-electron chi connectivity index (χ2n) is 6.25. The SMILES string of the molecule is C#CCCC1(CCC(=O)N2CCC(c3cc(=O)[nH]c(=O)[nH]3)C2)N=N1. The molecule has 0 saturated carbocycles. The van der Waals surface area contributed by atoms with Gasteiger partial charge in [0, 0.05) is 56.5 Å². The predicted molar refractivity (Wildman–Crippen MR) is 86.5 cm³/mol. The fraction of sp³-hybridized carbons (Fsp3) is 0.562. The van der Waals surface area contributed by atoms with Gasteiger partial charge in [-0.25, -0.2) is 4.79 Å². The lowest BCUT2D eigenvalue weighted by Gasteiger charge is -2.17. The summed E-state index contributed by atoms with van der Waals surface area (Å²) in [5, 5.41) is 8.07. The molecule has 1 saturated heterocycles. The Morgan fingerprint density at radius 3 is 2.83 bits per heavy atom. The second kappa shape index (κ2) is 6.43. The van der Waals surface area contributed by atoms with E-state index in [1.165, 1.54) is 6.07 Å². The van der Waals surface area contributed by atoms with E-state index in [9.17, 15) is 14.4 Å². The largest absolute Gasteiger partial charge is 0.342 e. The predicted octanol–water partition coefficient (Wildman–Crippen LogP) is 0.735. The van der Waals surface area contributed by atoms with Crippen LogP contribution in [0.25, 0.3) is 0 Å². The second-order valence-corrected chi connectivity index (χ2v) is 6.25. The molecule has 0 radical (unpaired) electrons. The van der Waals surface area contributed by atoms with Gasteiger partial charge in [-0.1, -0.05) is 0 Å². The molecular formula is C16H19N5O3. The Labute approximate surface area is 138 Å². The van der Waals surface area contributed by atoms with Gasteiger partial charge in [-0.15, -0.1) is 12.3 Å². The number of nitrogens with one attached hydrogen (secondary N) is 2. The highest BCUT2D eigenvalue weighted by Crippen LogP contribution is 2.38. The van der Waals surface area contributed by atoms with E-state index in [1.54, 1.807) is 4.90 Å². The number of rotatable bonds is 6. The van der Waals surface area contributed by atoms with E-state index < -0.39 is 16.9 Å². The smallest absolute Gasteiger partial charge is 0.325 e. The summed E-state index contributed by atoms with van der Waals surface area (Å²) in [6, 6.07) is 1.39. The van der Waals surface area contributed by atoms with E-state index >= 15 is 0 Å². The van der Waals surface area contributed by atoms with Gasteiger partial charge in [0.1, 0.15) is 0 Å². The van der Waals surface area contributed by atoms with Crippen molar-refractivity contribution in [3.63, 3.8) is 0 Å². The topological polar surface area (TPSA) is 111 Å². The molecule has 3 rings (SSSR count). The Morgan fingerprint density at radius 1 is 1.38 bits per heavy atom. The molecule has 3 heterocycles. The van der Waals surface area contributed by atoms with Crippen molar-refractivity contribution in [3.8, 4) is 12.3 Å². The number of hydrogen-bond donors (Lipinski definition) is 2. The number of terminal acetylenes is 1. The van der Waals surface area contributed by atoms with Crippen molar-refractivity contribution in [2.45, 2.75) is 43.7 Å². The van der Waals surface area contributed by atoms with Gasteiger partial charge in [-0.3, -0.25) is 14.6 Å². The highest BCUT2D eigenvalue weighted by Gasteiger charge is 2.40. The van der Waals surface area contributed by atoms with Crippen molar-refractivity contribution >= 4 is 5.91 Å². The number of carbonyl (C=O) groups is 1. The van der Waals surface area contributed by atoms with Gasteiger partial charge in [-0.05, 0) is 6.42 Å². The molecule has 1 unspecified atom stereocenters. The number of likely N-dealkylation sites (tertiary alicyclic amines) is 1. The van der Waals surface area contributed by atoms with E-state index in [0.29, 0.717) is 44.5 Å². The zero-order valence-electron chi connectivity index (χ0n) is 13.2. The number of amides is 1.